The van der Waals surface area contributed by atoms with Crippen molar-refractivity contribution in [2.75, 3.05) is 13.2 Å². The zero-order valence-electron chi connectivity index (χ0n) is 25.6. The van der Waals surface area contributed by atoms with Crippen molar-refractivity contribution < 1.29 is 64.3 Å². The van der Waals surface area contributed by atoms with Crippen molar-refractivity contribution in [1.29, 1.82) is 0 Å². The van der Waals surface area contributed by atoms with E-state index in [1.807, 2.05) is 44.2 Å². The minimum absolute atomic E-state index is 0.143. The summed E-state index contributed by atoms with van der Waals surface area (Å²) in [6.45, 7) is 5.74. The fourth-order valence-corrected chi connectivity index (χ4v) is 4.07. The van der Waals surface area contributed by atoms with E-state index in [0.717, 1.165) is 17.4 Å². The third-order valence-electron chi connectivity index (χ3n) is 6.93. The molecule has 2 heterocycles. The molecule has 0 saturated carbocycles. The van der Waals surface area contributed by atoms with Gasteiger partial charge >= 0.3 is 5.97 Å². The van der Waals surface area contributed by atoms with Crippen LogP contribution in [0.15, 0.2) is 83.1 Å². The molecule has 2 rings (SSSR count). The minimum atomic E-state index is -1.79. The Morgan fingerprint density at radius 2 is 1.13 bits per heavy atom. The van der Waals surface area contributed by atoms with Crippen LogP contribution in [0.3, 0.4) is 0 Å². The minimum Gasteiger partial charge on any atom is -0.429 e. The van der Waals surface area contributed by atoms with E-state index in [2.05, 4.69) is 0 Å². The van der Waals surface area contributed by atoms with E-state index in [1.54, 1.807) is 31.2 Å². The lowest BCUT2D eigenvalue weighted by Gasteiger charge is -2.42. The summed E-state index contributed by atoms with van der Waals surface area (Å²) in [5.74, 6) is -0.866. The van der Waals surface area contributed by atoms with Crippen molar-refractivity contribution in [2.24, 2.45) is 0 Å². The lowest BCUT2D eigenvalue weighted by molar-refractivity contribution is -0.326. The molecule has 45 heavy (non-hydrogen) atoms. The van der Waals surface area contributed by atoms with Crippen LogP contribution in [0.25, 0.3) is 0 Å². The first kappa shape index (κ1) is 38.1. The van der Waals surface area contributed by atoms with E-state index < -0.39 is 80.6 Å². The molecule has 0 aromatic heterocycles. The largest absolute Gasteiger partial charge is 0.429 e. The monoisotopic (exact) mass is 636 g/mol. The van der Waals surface area contributed by atoms with Gasteiger partial charge in [0.25, 0.3) is 0 Å². The number of aliphatic hydroxyl groups is 7. The molecule has 4 unspecified atom stereocenters. The Morgan fingerprint density at radius 3 is 1.69 bits per heavy atom. The summed E-state index contributed by atoms with van der Waals surface area (Å²) in [5, 5.41) is 70.2. The summed E-state index contributed by atoms with van der Waals surface area (Å²) < 4.78 is 21.3. The zero-order chi connectivity index (χ0) is 33.7. The SMILES string of the molecule is C\C(C=O)=C/C=C/C(C)=C/C=C/C=C(C)/C=C/C=C(\C)C(=O)O[C@@H]1OC(CO[C@@H]2OC(CO)[C@@H](O)[C@H](O)C2O)[C@@H](O)[C@H](O)C1O. The highest BCUT2D eigenvalue weighted by molar-refractivity contribution is 5.88. The second-order valence-corrected chi connectivity index (χ2v) is 10.8. The zero-order valence-corrected chi connectivity index (χ0v) is 25.6. The number of allylic oxidation sites excluding steroid dienone is 13. The summed E-state index contributed by atoms with van der Waals surface area (Å²) in [7, 11) is 0. The Kier molecular flexibility index (Phi) is 15.9. The van der Waals surface area contributed by atoms with Gasteiger partial charge in [0, 0.05) is 5.57 Å². The molecule has 2 saturated heterocycles. The van der Waals surface area contributed by atoms with Gasteiger partial charge in [-0.05, 0) is 33.3 Å². The lowest BCUT2D eigenvalue weighted by Crippen LogP contribution is -2.61. The van der Waals surface area contributed by atoms with E-state index in [0.29, 0.717) is 5.57 Å². The van der Waals surface area contributed by atoms with Gasteiger partial charge in [-0.1, -0.05) is 71.9 Å². The summed E-state index contributed by atoms with van der Waals surface area (Å²) in [4.78, 5) is 23.2. The highest BCUT2D eigenvalue weighted by Gasteiger charge is 2.48. The smallest absolute Gasteiger partial charge is 0.336 e. The van der Waals surface area contributed by atoms with Crippen LogP contribution in [0.2, 0.25) is 0 Å². The Morgan fingerprint density at radius 1 is 0.644 bits per heavy atom. The van der Waals surface area contributed by atoms with Crippen LogP contribution in [0.4, 0.5) is 0 Å². The average Bonchev–Trinajstić information content (AvgIpc) is 3.02. The number of esters is 1. The maximum atomic E-state index is 12.6. The first-order valence-electron chi connectivity index (χ1n) is 14.3. The summed E-state index contributed by atoms with van der Waals surface area (Å²) in [6, 6.07) is 0. The van der Waals surface area contributed by atoms with Crippen molar-refractivity contribution in [3.05, 3.63) is 83.1 Å². The number of ether oxygens (including phenoxy) is 4. The number of rotatable bonds is 13. The van der Waals surface area contributed by atoms with E-state index in [9.17, 15) is 45.3 Å². The van der Waals surface area contributed by atoms with Crippen LogP contribution in [0, 0.1) is 0 Å². The molecule has 10 atom stereocenters. The number of hydrogen-bond donors (Lipinski definition) is 7. The standard InChI is InChI=1S/C32H44O13/c1-18(11-7-13-20(3)15-33)9-5-6-10-19(2)12-8-14-21(4)30(41)45-32-29(40)27(38)25(36)23(44-32)17-42-31-28(39)26(37)24(35)22(16-34)43-31/h5-15,22-29,31-32,34-40H,16-17H2,1-4H3/b6-5+,11-7+,12-8+,18-9+,19-10+,20-13+,21-14+/t22?,23?,24-,25-,26+,27+,28?,29?,31-,32+/m1/s1. The molecule has 0 aromatic rings. The second kappa shape index (κ2) is 18.8. The molecule has 0 aliphatic carbocycles. The predicted octanol–water partition coefficient (Wildman–Crippen LogP) is -0.194. The fourth-order valence-electron chi connectivity index (χ4n) is 4.07. The Bertz CT molecular complexity index is 1200. The molecule has 13 heteroatoms. The molecule has 0 aromatic carbocycles. The van der Waals surface area contributed by atoms with Gasteiger partial charge in [-0.15, -0.1) is 0 Å². The van der Waals surface area contributed by atoms with Gasteiger partial charge in [0.15, 0.2) is 6.29 Å². The maximum Gasteiger partial charge on any atom is 0.336 e. The van der Waals surface area contributed by atoms with Gasteiger partial charge in [-0.3, -0.25) is 4.79 Å². The molecule has 2 fully saturated rings. The molecule has 0 amide bonds. The lowest BCUT2D eigenvalue weighted by atomic mass is 9.98. The van der Waals surface area contributed by atoms with Gasteiger partial charge in [0.2, 0.25) is 6.29 Å². The van der Waals surface area contributed by atoms with Crippen LogP contribution in [-0.2, 0) is 28.5 Å². The highest BCUT2D eigenvalue weighted by atomic mass is 16.7. The van der Waals surface area contributed by atoms with Gasteiger partial charge < -0.3 is 54.7 Å². The maximum absolute atomic E-state index is 12.6. The third kappa shape index (κ3) is 11.7. The number of hydrogen-bond acceptors (Lipinski definition) is 13. The Hall–Kier alpha value is -3.08. The molecule has 0 bridgehead atoms. The van der Waals surface area contributed by atoms with Crippen molar-refractivity contribution in [3.63, 3.8) is 0 Å². The topological polar surface area (TPSA) is 213 Å². The van der Waals surface area contributed by atoms with Crippen LogP contribution in [0.1, 0.15) is 27.7 Å². The van der Waals surface area contributed by atoms with E-state index in [4.69, 9.17) is 18.9 Å². The number of aliphatic hydroxyl groups excluding tert-OH is 7. The van der Waals surface area contributed by atoms with Crippen molar-refractivity contribution in [3.8, 4) is 0 Å². The van der Waals surface area contributed by atoms with E-state index in [-0.39, 0.29) is 5.57 Å². The predicted molar refractivity (Wildman–Crippen MR) is 161 cm³/mol. The number of carbonyl (C=O) groups is 2. The Balaban J connectivity index is 1.95. The molecular weight excluding hydrogens is 592 g/mol. The summed E-state index contributed by atoms with van der Waals surface area (Å²) in [6.07, 6.45) is 2.39. The van der Waals surface area contributed by atoms with Crippen LogP contribution in [0.5, 0.6) is 0 Å². The first-order valence-corrected chi connectivity index (χ1v) is 14.3. The highest BCUT2D eigenvalue weighted by Crippen LogP contribution is 2.26. The van der Waals surface area contributed by atoms with Gasteiger partial charge in [0.05, 0.1) is 13.2 Å². The Labute approximate surface area is 262 Å². The van der Waals surface area contributed by atoms with Gasteiger partial charge in [0.1, 0.15) is 55.1 Å². The molecule has 0 spiro atoms. The number of aldehydes is 1. The van der Waals surface area contributed by atoms with E-state index in [1.165, 1.54) is 13.0 Å². The molecule has 2 aliphatic rings. The molecule has 2 aliphatic heterocycles. The fraction of sp³-hybridized carbons (Fsp3) is 0.500. The van der Waals surface area contributed by atoms with Crippen molar-refractivity contribution in [2.45, 2.75) is 89.1 Å². The van der Waals surface area contributed by atoms with Crippen molar-refractivity contribution in [1.82, 2.24) is 0 Å². The third-order valence-corrected chi connectivity index (χ3v) is 6.93. The summed E-state index contributed by atoms with van der Waals surface area (Å²) >= 11 is 0. The molecule has 7 N–H and O–H groups in total. The normalized spacial score (nSPS) is 34.2. The first-order chi connectivity index (χ1) is 21.3. The van der Waals surface area contributed by atoms with Gasteiger partial charge in [-0.2, -0.15) is 0 Å². The quantitative estimate of drug-likeness (QED) is 0.0605. The average molecular weight is 637 g/mol. The summed E-state index contributed by atoms with van der Waals surface area (Å²) in [5.41, 5.74) is 2.63. The molecule has 13 nitrogen and oxygen atoms in total. The van der Waals surface area contributed by atoms with Crippen LogP contribution < -0.4 is 0 Å². The van der Waals surface area contributed by atoms with Gasteiger partial charge in [-0.25, -0.2) is 4.79 Å². The van der Waals surface area contributed by atoms with Crippen LogP contribution in [-0.4, -0.2) is 123 Å². The van der Waals surface area contributed by atoms with E-state index >= 15 is 0 Å². The molecule has 0 radical (unpaired) electrons. The van der Waals surface area contributed by atoms with Crippen molar-refractivity contribution >= 4 is 12.3 Å². The molecule has 250 valence electrons. The van der Waals surface area contributed by atoms with Crippen LogP contribution >= 0.6 is 0 Å². The number of carbonyl (C=O) groups excluding carboxylic acids is 2. The molecular formula is C32H44O13. The second-order valence-electron chi connectivity index (χ2n) is 10.8.